The number of para-hydroxylation sites is 1. The normalized spacial score (nSPS) is 8.64. The molecule has 0 aliphatic heterocycles. The summed E-state index contributed by atoms with van der Waals surface area (Å²) in [5.41, 5.74) is 6.18. The zero-order chi connectivity index (χ0) is 8.69. The zero-order valence-electron chi connectivity index (χ0n) is 5.68. The monoisotopic (exact) mass is 175 g/mol. The van der Waals surface area contributed by atoms with Crippen LogP contribution in [0.3, 0.4) is 0 Å². The van der Waals surface area contributed by atoms with Crippen molar-refractivity contribution in [1.29, 1.82) is 0 Å². The smallest absolute Gasteiger partial charge is 0.299 e. The average Bonchev–Trinajstić information content (AvgIpc) is 1.87. The number of nitrogen functional groups attached to an aromatic ring is 1. The van der Waals surface area contributed by atoms with Crippen molar-refractivity contribution < 1.29 is 13.3 Å². The minimum absolute atomic E-state index is 0.822. The molecule has 0 heterocycles. The van der Waals surface area contributed by atoms with Crippen LogP contribution in [0.5, 0.6) is 0 Å². The molecule has 4 N–H and O–H groups in total. The summed E-state index contributed by atoms with van der Waals surface area (Å²) in [6, 6.07) is 9.49. The van der Waals surface area contributed by atoms with E-state index in [1.807, 2.05) is 30.3 Å². The molecule has 0 aliphatic carbocycles. The maximum atomic E-state index is 8.67. The van der Waals surface area contributed by atoms with Crippen LogP contribution in [0.2, 0.25) is 0 Å². The van der Waals surface area contributed by atoms with Crippen molar-refractivity contribution >= 4 is 17.0 Å². The van der Waals surface area contributed by atoms with Gasteiger partial charge in [0, 0.05) is 5.69 Å². The van der Waals surface area contributed by atoms with Crippen molar-refractivity contribution in [2.75, 3.05) is 5.73 Å². The van der Waals surface area contributed by atoms with Crippen molar-refractivity contribution in [1.82, 2.24) is 0 Å². The molecular weight excluding hydrogens is 166 g/mol. The molecule has 5 heteroatoms. The highest BCUT2D eigenvalue weighted by Crippen LogP contribution is 1.95. The lowest BCUT2D eigenvalue weighted by molar-refractivity contribution is 0.454. The fraction of sp³-hybridized carbons (Fsp3) is 0. The van der Waals surface area contributed by atoms with Gasteiger partial charge in [0.1, 0.15) is 0 Å². The second-order valence-corrected chi connectivity index (χ2v) is 2.10. The van der Waals surface area contributed by atoms with Crippen LogP contribution in [0.4, 0.5) is 5.69 Å². The fourth-order valence-electron chi connectivity index (χ4n) is 0.453. The highest BCUT2D eigenvalue weighted by atomic mass is 32.2. The van der Waals surface area contributed by atoms with Crippen molar-refractivity contribution in [3.8, 4) is 0 Å². The van der Waals surface area contributed by atoms with Gasteiger partial charge in [-0.2, -0.15) is 4.21 Å². The molecule has 0 aromatic heterocycles. The number of hydrogen-bond acceptors (Lipinski definition) is 2. The third-order valence-corrected chi connectivity index (χ3v) is 0.800. The molecule has 1 rings (SSSR count). The summed E-state index contributed by atoms with van der Waals surface area (Å²) in [7, 11) is 0. The SMILES string of the molecule is Nc1ccccc1.O=S(O)O. The van der Waals surface area contributed by atoms with Gasteiger partial charge in [-0.1, -0.05) is 18.2 Å². The predicted octanol–water partition coefficient (Wildman–Crippen LogP) is 0.950. The van der Waals surface area contributed by atoms with Crippen LogP contribution in [-0.2, 0) is 11.4 Å². The molecule has 1 aromatic carbocycles. The molecule has 0 saturated heterocycles. The van der Waals surface area contributed by atoms with Gasteiger partial charge < -0.3 is 5.73 Å². The van der Waals surface area contributed by atoms with Gasteiger partial charge in [-0.15, -0.1) is 0 Å². The molecule has 1 aromatic rings. The minimum Gasteiger partial charge on any atom is -0.399 e. The Hall–Kier alpha value is -0.910. The number of nitrogens with two attached hydrogens (primary N) is 1. The number of anilines is 1. The molecule has 0 unspecified atom stereocenters. The van der Waals surface area contributed by atoms with Crippen LogP contribution in [0, 0.1) is 0 Å². The van der Waals surface area contributed by atoms with Crippen molar-refractivity contribution in [3.05, 3.63) is 30.3 Å². The molecule has 62 valence electrons. The Labute approximate surface area is 67.2 Å². The maximum Gasteiger partial charge on any atom is 0.299 e. The van der Waals surface area contributed by atoms with E-state index in [4.69, 9.17) is 19.0 Å². The van der Waals surface area contributed by atoms with Gasteiger partial charge in [0.25, 0.3) is 11.4 Å². The first-order valence-electron chi connectivity index (χ1n) is 2.73. The zero-order valence-corrected chi connectivity index (χ0v) is 6.49. The third-order valence-electron chi connectivity index (χ3n) is 0.800. The topological polar surface area (TPSA) is 83.6 Å². The van der Waals surface area contributed by atoms with E-state index in [-0.39, 0.29) is 0 Å². The van der Waals surface area contributed by atoms with Crippen LogP contribution < -0.4 is 5.73 Å². The lowest BCUT2D eigenvalue weighted by Crippen LogP contribution is -1.79. The Balaban J connectivity index is 0.000000218. The summed E-state index contributed by atoms with van der Waals surface area (Å²) < 4.78 is 22.8. The third kappa shape index (κ3) is 9.09. The summed E-state index contributed by atoms with van der Waals surface area (Å²) in [4.78, 5) is 0. The number of hydrogen-bond donors (Lipinski definition) is 3. The molecule has 0 atom stereocenters. The van der Waals surface area contributed by atoms with Gasteiger partial charge in [-0.25, -0.2) is 0 Å². The molecule has 0 aliphatic rings. The molecule has 0 spiro atoms. The molecule has 0 amide bonds. The van der Waals surface area contributed by atoms with E-state index in [1.165, 1.54) is 0 Å². The first-order valence-corrected chi connectivity index (χ1v) is 3.79. The highest BCUT2D eigenvalue weighted by Gasteiger charge is 1.72. The Morgan fingerprint density at radius 3 is 1.73 bits per heavy atom. The van der Waals surface area contributed by atoms with Crippen molar-refractivity contribution in [2.24, 2.45) is 0 Å². The van der Waals surface area contributed by atoms with Gasteiger partial charge in [-0.05, 0) is 12.1 Å². The average molecular weight is 175 g/mol. The number of benzene rings is 1. The van der Waals surface area contributed by atoms with Crippen LogP contribution in [-0.4, -0.2) is 13.3 Å². The van der Waals surface area contributed by atoms with Gasteiger partial charge in [0.05, 0.1) is 0 Å². The highest BCUT2D eigenvalue weighted by molar-refractivity contribution is 7.73. The van der Waals surface area contributed by atoms with E-state index < -0.39 is 11.4 Å². The van der Waals surface area contributed by atoms with E-state index >= 15 is 0 Å². The van der Waals surface area contributed by atoms with E-state index in [0.717, 1.165) is 5.69 Å². The largest absolute Gasteiger partial charge is 0.399 e. The summed E-state index contributed by atoms with van der Waals surface area (Å²) in [6.45, 7) is 0. The molecule has 4 nitrogen and oxygen atoms in total. The number of rotatable bonds is 0. The molecule has 0 radical (unpaired) electrons. The second-order valence-electron chi connectivity index (χ2n) is 1.64. The Bertz CT molecular complexity index is 210. The Morgan fingerprint density at radius 2 is 1.55 bits per heavy atom. The van der Waals surface area contributed by atoms with Crippen LogP contribution in [0.1, 0.15) is 0 Å². The van der Waals surface area contributed by atoms with Gasteiger partial charge in [-0.3, -0.25) is 9.11 Å². The van der Waals surface area contributed by atoms with E-state index in [9.17, 15) is 0 Å². The Kier molecular flexibility index (Phi) is 5.36. The molecule has 0 fully saturated rings. The van der Waals surface area contributed by atoms with Gasteiger partial charge in [0.15, 0.2) is 0 Å². The maximum absolute atomic E-state index is 8.67. The minimum atomic E-state index is -2.61. The van der Waals surface area contributed by atoms with Gasteiger partial charge in [0.2, 0.25) is 0 Å². The lowest BCUT2D eigenvalue weighted by Gasteiger charge is -1.83. The summed E-state index contributed by atoms with van der Waals surface area (Å²) in [5.74, 6) is 0. The van der Waals surface area contributed by atoms with Gasteiger partial charge >= 0.3 is 0 Å². The summed E-state index contributed by atoms with van der Waals surface area (Å²) in [6.07, 6.45) is 0. The van der Waals surface area contributed by atoms with Crippen LogP contribution in [0.25, 0.3) is 0 Å². The first kappa shape index (κ1) is 10.1. The molecule has 11 heavy (non-hydrogen) atoms. The quantitative estimate of drug-likeness (QED) is 0.405. The second kappa shape index (κ2) is 5.84. The first-order chi connectivity index (χ1) is 5.13. The fourth-order valence-corrected chi connectivity index (χ4v) is 0.453. The van der Waals surface area contributed by atoms with Crippen molar-refractivity contribution in [3.63, 3.8) is 0 Å². The molecular formula is C6H9NO3S. The Morgan fingerprint density at radius 1 is 1.18 bits per heavy atom. The lowest BCUT2D eigenvalue weighted by atomic mass is 10.3. The van der Waals surface area contributed by atoms with Crippen molar-refractivity contribution in [2.45, 2.75) is 0 Å². The van der Waals surface area contributed by atoms with Crippen LogP contribution in [0.15, 0.2) is 30.3 Å². The predicted molar refractivity (Wildman–Crippen MR) is 44.3 cm³/mol. The van der Waals surface area contributed by atoms with E-state index in [1.54, 1.807) is 0 Å². The summed E-state index contributed by atoms with van der Waals surface area (Å²) in [5, 5.41) is 0. The molecule has 0 bridgehead atoms. The van der Waals surface area contributed by atoms with E-state index in [0.29, 0.717) is 0 Å². The standard InChI is InChI=1S/C6H7N.H2O3S/c7-6-4-2-1-3-5-6;1-4(2)3/h1-5H,7H2;(H2,1,2,3). The summed E-state index contributed by atoms with van der Waals surface area (Å²) >= 11 is -2.61. The molecule has 0 saturated carbocycles. The van der Waals surface area contributed by atoms with Crippen LogP contribution >= 0.6 is 0 Å². The van der Waals surface area contributed by atoms with E-state index in [2.05, 4.69) is 0 Å².